The van der Waals surface area contributed by atoms with Crippen molar-refractivity contribution in [3.05, 3.63) is 0 Å². The molecule has 0 amide bonds. The molecular formula is C3H10N2. The fourth-order valence-electron chi connectivity index (χ4n) is 0. The predicted molar refractivity (Wildman–Crippen MR) is 22.5 cm³/mol. The van der Waals surface area contributed by atoms with Gasteiger partial charge < -0.3 is 11.5 Å². The maximum absolute atomic E-state index is 6.43. The Bertz CT molecular complexity index is 28.0. The van der Waals surface area contributed by atoms with Crippen molar-refractivity contribution in [1.82, 2.24) is 0 Å². The molecule has 0 rings (SSSR count). The highest BCUT2D eigenvalue weighted by Crippen LogP contribution is 1.68. The SMILES string of the molecule is [2H]NC(N)CC. The van der Waals surface area contributed by atoms with E-state index in [0.717, 1.165) is 6.42 Å². The highest BCUT2D eigenvalue weighted by molar-refractivity contribution is 4.40. The maximum Gasteiger partial charge on any atom is 0.120 e. The van der Waals surface area contributed by atoms with Gasteiger partial charge in [-0.05, 0) is 6.42 Å². The van der Waals surface area contributed by atoms with E-state index in [1.165, 1.54) is 0 Å². The molecule has 0 saturated carbocycles. The average molecular weight is 75.1 g/mol. The molecule has 0 aromatic heterocycles. The van der Waals surface area contributed by atoms with Crippen molar-refractivity contribution in [1.29, 1.82) is 0 Å². The zero-order valence-corrected chi connectivity index (χ0v) is 3.36. The van der Waals surface area contributed by atoms with Crippen molar-refractivity contribution in [2.75, 3.05) is 0 Å². The average Bonchev–Trinajstić information content (AvgIpc) is 1.65. The standard InChI is InChI=1S/C3H10N2/c1-2-3(4)5/h3H,2,4-5H2,1H3/i/hD. The van der Waals surface area contributed by atoms with Gasteiger partial charge in [-0.25, -0.2) is 0 Å². The van der Waals surface area contributed by atoms with Crippen molar-refractivity contribution in [3.8, 4) is 0 Å². The molecule has 0 saturated heterocycles. The molecule has 0 fully saturated rings. The van der Waals surface area contributed by atoms with Crippen molar-refractivity contribution in [2.45, 2.75) is 19.5 Å². The Balaban J connectivity index is 2.75. The van der Waals surface area contributed by atoms with E-state index >= 15 is 0 Å². The Morgan fingerprint density at radius 3 is 2.80 bits per heavy atom. The lowest BCUT2D eigenvalue weighted by atomic mass is 10.4. The third-order valence-corrected chi connectivity index (χ3v) is 0.440. The molecule has 1 unspecified atom stereocenters. The highest BCUT2D eigenvalue weighted by atomic mass is 14.8. The Labute approximate surface area is 33.6 Å². The van der Waals surface area contributed by atoms with Gasteiger partial charge in [0.25, 0.3) is 0 Å². The summed E-state index contributed by atoms with van der Waals surface area (Å²) in [5, 5.41) is 0. The van der Waals surface area contributed by atoms with E-state index in [0.29, 0.717) is 0 Å². The third-order valence-electron chi connectivity index (χ3n) is 0.440. The van der Waals surface area contributed by atoms with Crippen LogP contribution in [0.15, 0.2) is 0 Å². The number of rotatable bonds is 2. The third kappa shape index (κ3) is 3.92. The van der Waals surface area contributed by atoms with Gasteiger partial charge in [0.05, 0.1) is 6.17 Å². The molecule has 0 aromatic carbocycles. The Hall–Kier alpha value is -0.0800. The first-order chi connectivity index (χ1) is 2.81. The first-order valence-electron chi connectivity index (χ1n) is 2.24. The Morgan fingerprint density at radius 2 is 2.80 bits per heavy atom. The minimum atomic E-state index is -0.148. The molecule has 5 heavy (non-hydrogen) atoms. The van der Waals surface area contributed by atoms with Gasteiger partial charge in [0.2, 0.25) is 0 Å². The zero-order chi connectivity index (χ0) is 4.99. The molecule has 0 bridgehead atoms. The van der Waals surface area contributed by atoms with Gasteiger partial charge in [-0.3, -0.25) is 0 Å². The van der Waals surface area contributed by atoms with Gasteiger partial charge in [0.1, 0.15) is 1.41 Å². The monoisotopic (exact) mass is 75.1 g/mol. The topological polar surface area (TPSA) is 52.0 Å². The molecule has 2 heteroatoms. The lowest BCUT2D eigenvalue weighted by Gasteiger charge is -1.92. The molecule has 2 nitrogen and oxygen atoms in total. The van der Waals surface area contributed by atoms with Gasteiger partial charge in [-0.1, -0.05) is 6.92 Å². The van der Waals surface area contributed by atoms with E-state index in [1.807, 2.05) is 6.92 Å². The summed E-state index contributed by atoms with van der Waals surface area (Å²) >= 11 is 0. The Morgan fingerprint density at radius 1 is 2.20 bits per heavy atom. The second-order valence-corrected chi connectivity index (χ2v) is 1.01. The molecule has 32 valence electrons. The smallest absolute Gasteiger partial charge is 0.120 e. The van der Waals surface area contributed by atoms with E-state index in [2.05, 4.69) is 5.73 Å². The van der Waals surface area contributed by atoms with E-state index in [-0.39, 0.29) is 6.17 Å². The summed E-state index contributed by atoms with van der Waals surface area (Å²) in [6.07, 6.45) is 0.661. The number of hydrogen-bond donors (Lipinski definition) is 2. The number of hydrogen-bond acceptors (Lipinski definition) is 2. The first-order valence-corrected chi connectivity index (χ1v) is 1.74. The molecule has 1 atom stereocenters. The van der Waals surface area contributed by atoms with Crippen LogP contribution in [0.5, 0.6) is 0 Å². The lowest BCUT2D eigenvalue weighted by Crippen LogP contribution is -2.28. The Kier molecular flexibility index (Phi) is 1.36. The van der Waals surface area contributed by atoms with E-state index in [4.69, 9.17) is 7.15 Å². The maximum atomic E-state index is 6.43. The van der Waals surface area contributed by atoms with Crippen molar-refractivity contribution < 1.29 is 1.41 Å². The van der Waals surface area contributed by atoms with Crippen LogP contribution in [-0.2, 0) is 0 Å². The summed E-state index contributed by atoms with van der Waals surface area (Å²) in [4.78, 5) is 0. The van der Waals surface area contributed by atoms with Crippen molar-refractivity contribution >= 4 is 0 Å². The minimum Gasteiger partial charge on any atom is -0.316 e. The van der Waals surface area contributed by atoms with E-state index in [1.54, 1.807) is 0 Å². The molecule has 0 aliphatic carbocycles. The van der Waals surface area contributed by atoms with Crippen LogP contribution in [0.4, 0.5) is 0 Å². The zero-order valence-electron chi connectivity index (χ0n) is 4.36. The summed E-state index contributed by atoms with van der Waals surface area (Å²) < 4.78 is 6.43. The second kappa shape index (κ2) is 2.18. The quantitative estimate of drug-likeness (QED) is 0.440. The normalized spacial score (nSPS) is 17.6. The molecule has 0 aromatic rings. The van der Waals surface area contributed by atoms with Gasteiger partial charge in [0, 0.05) is 0 Å². The van der Waals surface area contributed by atoms with Gasteiger partial charge in [0.15, 0.2) is 0 Å². The first kappa shape index (κ1) is 3.12. The largest absolute Gasteiger partial charge is 0.316 e. The molecule has 0 aliphatic rings. The van der Waals surface area contributed by atoms with Crippen LogP contribution in [0.2, 0.25) is 1.41 Å². The molecule has 0 heterocycles. The van der Waals surface area contributed by atoms with E-state index < -0.39 is 0 Å². The van der Waals surface area contributed by atoms with Crippen molar-refractivity contribution in [2.24, 2.45) is 11.5 Å². The summed E-state index contributed by atoms with van der Waals surface area (Å²) in [6, 6.07) is 0. The van der Waals surface area contributed by atoms with Gasteiger partial charge in [-0.2, -0.15) is 0 Å². The van der Waals surface area contributed by atoms with Crippen LogP contribution >= 0.6 is 0 Å². The summed E-state index contributed by atoms with van der Waals surface area (Å²) in [5.41, 5.74) is 7.32. The van der Waals surface area contributed by atoms with Gasteiger partial charge >= 0.3 is 0 Å². The van der Waals surface area contributed by atoms with Crippen LogP contribution < -0.4 is 11.5 Å². The predicted octanol–water partition coefficient (Wildman–Crippen LogP) is -0.360. The van der Waals surface area contributed by atoms with Crippen LogP contribution in [0.25, 0.3) is 0 Å². The van der Waals surface area contributed by atoms with Crippen LogP contribution in [0, 0.1) is 0 Å². The summed E-state index contributed by atoms with van der Waals surface area (Å²) in [5.74, 6) is 0. The molecule has 0 radical (unpaired) electrons. The lowest BCUT2D eigenvalue weighted by molar-refractivity contribution is 0.682. The fraction of sp³-hybridized carbons (Fsp3) is 1.00. The highest BCUT2D eigenvalue weighted by Gasteiger charge is 1.79. The van der Waals surface area contributed by atoms with Crippen LogP contribution in [-0.4, -0.2) is 6.17 Å². The fourth-order valence-corrected chi connectivity index (χ4v) is 0. The van der Waals surface area contributed by atoms with Crippen LogP contribution in [0.3, 0.4) is 0 Å². The van der Waals surface area contributed by atoms with Crippen molar-refractivity contribution in [3.63, 3.8) is 0 Å². The van der Waals surface area contributed by atoms with E-state index in [9.17, 15) is 0 Å². The molecular weight excluding hydrogens is 64.0 g/mol. The minimum absolute atomic E-state index is 0.148. The molecule has 0 spiro atoms. The molecule has 0 aliphatic heterocycles. The summed E-state index contributed by atoms with van der Waals surface area (Å²) in [6.45, 7) is 1.92. The summed E-state index contributed by atoms with van der Waals surface area (Å²) in [7, 11) is 0. The molecule has 4 N–H and O–H groups in total. The van der Waals surface area contributed by atoms with Crippen LogP contribution in [0.1, 0.15) is 13.3 Å². The number of nitrogens with two attached hydrogens (primary N) is 2. The van der Waals surface area contributed by atoms with Gasteiger partial charge in [-0.15, -0.1) is 0 Å². The second-order valence-electron chi connectivity index (χ2n) is 1.01.